The normalized spacial score (nSPS) is 12.9. The van der Waals surface area contributed by atoms with Gasteiger partial charge >= 0.3 is 0 Å². The number of hydrogen-bond donors (Lipinski definition) is 0. The van der Waals surface area contributed by atoms with Crippen molar-refractivity contribution >= 4 is 79.6 Å². The van der Waals surface area contributed by atoms with E-state index in [0.29, 0.717) is 52.9 Å². The molecule has 6 nitrogen and oxygen atoms in total. The van der Waals surface area contributed by atoms with E-state index in [9.17, 15) is 0 Å². The van der Waals surface area contributed by atoms with E-state index in [-0.39, 0.29) is 5.41 Å². The Hall–Kier alpha value is -0.960. The van der Waals surface area contributed by atoms with Gasteiger partial charge in [-0.2, -0.15) is 0 Å². The summed E-state index contributed by atoms with van der Waals surface area (Å²) in [6, 6.07) is 26.2. The van der Waals surface area contributed by atoms with Crippen LogP contribution in [0.25, 0.3) is 22.3 Å². The van der Waals surface area contributed by atoms with Gasteiger partial charge < -0.3 is 28.4 Å². The van der Waals surface area contributed by atoms with Gasteiger partial charge in [0, 0.05) is 63.2 Å². The fourth-order valence-electron chi connectivity index (χ4n) is 6.53. The molecule has 0 saturated heterocycles. The number of methoxy groups -OCH3 is 3. The van der Waals surface area contributed by atoms with Crippen molar-refractivity contribution in [3.05, 3.63) is 113 Å². The second kappa shape index (κ2) is 23.2. The van der Waals surface area contributed by atoms with Gasteiger partial charge in [0.1, 0.15) is 0 Å². The zero-order valence-electron chi connectivity index (χ0n) is 30.0. The van der Waals surface area contributed by atoms with Crippen molar-refractivity contribution in [1.29, 1.82) is 0 Å². The first-order chi connectivity index (χ1) is 25.3. The Balaban J connectivity index is 0.000000216. The summed E-state index contributed by atoms with van der Waals surface area (Å²) >= 11 is 17.6. The van der Waals surface area contributed by atoms with E-state index < -0.39 is 0 Å². The lowest BCUT2D eigenvalue weighted by molar-refractivity contribution is 0.0490. The molecule has 0 heterocycles. The zero-order valence-corrected chi connectivity index (χ0v) is 37.9. The van der Waals surface area contributed by atoms with E-state index in [1.54, 1.807) is 21.3 Å². The van der Waals surface area contributed by atoms with Gasteiger partial charge in [-0.1, -0.05) is 104 Å². The van der Waals surface area contributed by atoms with Crippen LogP contribution in [0.4, 0.5) is 0 Å². The minimum absolute atomic E-state index is 0.154. The molecule has 11 heteroatoms. The first kappa shape index (κ1) is 43.8. The van der Waals surface area contributed by atoms with Crippen molar-refractivity contribution in [2.45, 2.75) is 24.7 Å². The third-order valence-corrected chi connectivity index (χ3v) is 11.3. The molecule has 52 heavy (non-hydrogen) atoms. The summed E-state index contributed by atoms with van der Waals surface area (Å²) in [4.78, 5) is 0. The van der Waals surface area contributed by atoms with Gasteiger partial charge in [-0.3, -0.25) is 0 Å². The molecule has 2 aliphatic carbocycles. The van der Waals surface area contributed by atoms with Crippen molar-refractivity contribution < 1.29 is 28.4 Å². The van der Waals surface area contributed by atoms with E-state index >= 15 is 0 Å². The third-order valence-electron chi connectivity index (χ3n) is 8.95. The van der Waals surface area contributed by atoms with Crippen LogP contribution in [0.5, 0.6) is 0 Å². The molecule has 0 aromatic heterocycles. The minimum Gasteiger partial charge on any atom is -0.382 e. The average molecular weight is 1040 g/mol. The summed E-state index contributed by atoms with van der Waals surface area (Å²) in [5.74, 6) is 0. The van der Waals surface area contributed by atoms with Gasteiger partial charge in [0.15, 0.2) is 0 Å². The topological polar surface area (TPSA) is 55.4 Å². The fourth-order valence-corrected chi connectivity index (χ4v) is 8.30. The smallest absolute Gasteiger partial charge is 0.0700 e. The lowest BCUT2D eigenvalue weighted by Crippen LogP contribution is -2.29. The van der Waals surface area contributed by atoms with Gasteiger partial charge in [0.05, 0.1) is 46.2 Å². The second-order valence-corrected chi connectivity index (χ2v) is 16.7. The van der Waals surface area contributed by atoms with E-state index in [1.165, 1.54) is 44.5 Å². The van der Waals surface area contributed by atoms with Crippen LogP contribution in [0.15, 0.2) is 90.7 Å². The van der Waals surface area contributed by atoms with E-state index in [2.05, 4.69) is 152 Å². The molecule has 6 rings (SSSR count). The monoisotopic (exact) mass is 1030 g/mol. The van der Waals surface area contributed by atoms with Gasteiger partial charge in [-0.25, -0.2) is 0 Å². The Morgan fingerprint density at radius 3 is 1.21 bits per heavy atom. The van der Waals surface area contributed by atoms with Crippen molar-refractivity contribution in [1.82, 2.24) is 0 Å². The molecule has 0 atom stereocenters. The van der Waals surface area contributed by atoms with E-state index in [4.69, 9.17) is 28.4 Å². The largest absolute Gasteiger partial charge is 0.382 e. The van der Waals surface area contributed by atoms with Crippen LogP contribution < -0.4 is 0 Å². The molecule has 0 aliphatic heterocycles. The number of fused-ring (bicyclic) bond motifs is 6. The highest BCUT2D eigenvalue weighted by atomic mass is 79.9. The van der Waals surface area contributed by atoms with Crippen LogP contribution in [0.1, 0.15) is 35.1 Å². The van der Waals surface area contributed by atoms with Crippen molar-refractivity contribution in [3.63, 3.8) is 0 Å². The average Bonchev–Trinajstić information content (AvgIpc) is 3.61. The summed E-state index contributed by atoms with van der Waals surface area (Å²) in [6.07, 6.45) is 2.82. The van der Waals surface area contributed by atoms with E-state index in [0.717, 1.165) is 49.1 Å². The number of rotatable bonds is 17. The molecule has 4 aromatic rings. The van der Waals surface area contributed by atoms with Gasteiger partial charge in [-0.15, -0.1) is 0 Å². The first-order valence-corrected chi connectivity index (χ1v) is 21.5. The lowest BCUT2D eigenvalue weighted by atomic mass is 9.73. The Labute approximate surface area is 351 Å². The van der Waals surface area contributed by atoms with Crippen LogP contribution in [0, 0.1) is 0 Å². The fraction of sp³-hybridized carbons (Fsp3) is 0.415. The van der Waals surface area contributed by atoms with E-state index in [1.807, 2.05) is 0 Å². The molecule has 2 aliphatic rings. The molecule has 0 fully saturated rings. The van der Waals surface area contributed by atoms with Crippen LogP contribution >= 0.6 is 79.6 Å². The molecule has 0 spiro atoms. The molecule has 0 radical (unpaired) electrons. The first-order valence-electron chi connectivity index (χ1n) is 17.2. The Morgan fingerprint density at radius 2 is 0.827 bits per heavy atom. The highest BCUT2D eigenvalue weighted by Gasteiger charge is 2.43. The second-order valence-electron chi connectivity index (χ2n) is 12.2. The van der Waals surface area contributed by atoms with Gasteiger partial charge in [0.25, 0.3) is 0 Å². The number of halogens is 5. The number of benzene rings is 4. The molecule has 0 bridgehead atoms. The predicted octanol–water partition coefficient (Wildman–Crippen LogP) is 11.4. The third kappa shape index (κ3) is 12.3. The number of alkyl halides is 1. The number of ether oxygens (including phenoxy) is 6. The highest BCUT2D eigenvalue weighted by Crippen LogP contribution is 2.54. The summed E-state index contributed by atoms with van der Waals surface area (Å²) in [5, 5.41) is 0.900. The van der Waals surface area contributed by atoms with Gasteiger partial charge in [0.2, 0.25) is 0 Å². The standard InChI is InChI=1S/C23H28Br2O4.C13H8Br2.C5H11BrO2/c1-26-11-13-28-9-7-23(8-10-29-14-12-27-2)21-15-17(24)3-5-19(21)20-6-4-18(25)16-22(20)23;14-10-1-3-12-8(6-10)5-9-7-11(15)2-4-13(9)12;1-7-4-5-8-3-2-6/h3-6,15-16H,7-14H2,1-2H3;1-4,6-7H,5H2;2-5H2,1H3. The van der Waals surface area contributed by atoms with Gasteiger partial charge in [-0.05, 0) is 112 Å². The molecule has 0 amide bonds. The number of hydrogen-bond acceptors (Lipinski definition) is 6. The minimum atomic E-state index is -0.154. The van der Waals surface area contributed by atoms with Crippen LogP contribution in [0.2, 0.25) is 0 Å². The van der Waals surface area contributed by atoms with Crippen LogP contribution in [-0.2, 0) is 40.3 Å². The Morgan fingerprint density at radius 1 is 0.462 bits per heavy atom. The molecule has 4 aromatic carbocycles. The van der Waals surface area contributed by atoms with Crippen molar-refractivity contribution in [2.24, 2.45) is 0 Å². The SMILES string of the molecule is Brc1ccc2c(c1)Cc1cc(Br)ccc1-2.COCCOCCBr.COCCOCCC1(CCOCCOC)c2cc(Br)ccc2-c2ccc(Br)cc21. The van der Waals surface area contributed by atoms with Crippen LogP contribution in [-0.4, -0.2) is 86.1 Å². The quantitative estimate of drug-likeness (QED) is 0.0683. The molecule has 0 unspecified atom stereocenters. The highest BCUT2D eigenvalue weighted by molar-refractivity contribution is 9.11. The summed E-state index contributed by atoms with van der Waals surface area (Å²) in [7, 11) is 5.05. The van der Waals surface area contributed by atoms with Crippen LogP contribution in [0.3, 0.4) is 0 Å². The molecular formula is C41H47Br5O6. The summed E-state index contributed by atoms with van der Waals surface area (Å²) in [5.41, 5.74) is 10.7. The molecule has 0 N–H and O–H groups in total. The zero-order chi connectivity index (χ0) is 37.3. The molecular weight excluding hydrogens is 988 g/mol. The summed E-state index contributed by atoms with van der Waals surface area (Å²) in [6.45, 7) is 5.91. The van der Waals surface area contributed by atoms with Crippen molar-refractivity contribution in [2.75, 3.05) is 86.1 Å². The predicted molar refractivity (Wildman–Crippen MR) is 229 cm³/mol. The van der Waals surface area contributed by atoms with Crippen molar-refractivity contribution in [3.8, 4) is 22.3 Å². The lowest BCUT2D eigenvalue weighted by Gasteiger charge is -2.32. The Bertz CT molecular complexity index is 1580. The summed E-state index contributed by atoms with van der Waals surface area (Å²) < 4.78 is 36.3. The maximum absolute atomic E-state index is 5.89. The molecule has 0 saturated carbocycles. The Kier molecular flexibility index (Phi) is 19.5. The molecule has 282 valence electrons. The maximum Gasteiger partial charge on any atom is 0.0700 e. The maximum atomic E-state index is 5.89.